The van der Waals surface area contributed by atoms with Crippen LogP contribution in [0.1, 0.15) is 32.9 Å². The third-order valence-corrected chi connectivity index (χ3v) is 7.81. The largest absolute Gasteiger partial charge is 0.464 e. The third kappa shape index (κ3) is 6.56. The molecule has 202 valence electrons. The van der Waals surface area contributed by atoms with Crippen LogP contribution in [0.2, 0.25) is 0 Å². The first-order valence-electron chi connectivity index (χ1n) is 11.9. The lowest BCUT2D eigenvalue weighted by molar-refractivity contribution is -0.145. The van der Waals surface area contributed by atoms with Gasteiger partial charge in [-0.3, -0.25) is 23.7 Å². The van der Waals surface area contributed by atoms with Crippen LogP contribution in [0, 0.1) is 5.92 Å². The molecule has 2 fully saturated rings. The molecule has 13 nitrogen and oxygen atoms in total. The second kappa shape index (κ2) is 10.9. The molecule has 0 bridgehead atoms. The Morgan fingerprint density at radius 2 is 2.00 bits per heavy atom. The zero-order valence-electron chi connectivity index (χ0n) is 20.4. The summed E-state index contributed by atoms with van der Waals surface area (Å²) in [6, 6.07) is 8.29. The molecule has 2 aromatic rings. The lowest BCUT2D eigenvalue weighted by atomic mass is 9.93. The van der Waals surface area contributed by atoms with Gasteiger partial charge in [0.2, 0.25) is 0 Å². The quantitative estimate of drug-likeness (QED) is 0.233. The molecule has 5 N–H and O–H groups in total. The number of para-hydroxylation sites is 1. The number of carbonyl (C=O) groups excluding carboxylic acids is 1. The Bertz CT molecular complexity index is 1260. The number of aliphatic hydroxyl groups excluding tert-OH is 1. The number of esters is 1. The van der Waals surface area contributed by atoms with E-state index in [1.54, 1.807) is 30.3 Å². The molecule has 2 heterocycles. The summed E-state index contributed by atoms with van der Waals surface area (Å²) in [4.78, 5) is 38.2. The zero-order valence-corrected chi connectivity index (χ0v) is 21.3. The van der Waals surface area contributed by atoms with Crippen molar-refractivity contribution in [2.24, 2.45) is 11.7 Å². The Labute approximate surface area is 212 Å². The van der Waals surface area contributed by atoms with Crippen LogP contribution < -0.4 is 26.6 Å². The fourth-order valence-corrected chi connectivity index (χ4v) is 5.32. The Morgan fingerprint density at radius 3 is 2.65 bits per heavy atom. The van der Waals surface area contributed by atoms with E-state index in [1.165, 1.54) is 20.0 Å². The number of H-pyrrole nitrogens is 1. The van der Waals surface area contributed by atoms with Gasteiger partial charge in [0, 0.05) is 12.3 Å². The monoisotopic (exact) mass is 538 g/mol. The van der Waals surface area contributed by atoms with Gasteiger partial charge in [-0.25, -0.2) is 9.36 Å². The Hall–Kier alpha value is -2.80. The second-order valence-electron chi connectivity index (χ2n) is 9.48. The maximum atomic E-state index is 13.7. The number of benzene rings is 1. The number of aliphatic hydroxyl groups is 1. The van der Waals surface area contributed by atoms with Crippen LogP contribution in [-0.2, 0) is 23.4 Å². The molecule has 0 radical (unpaired) electrons. The van der Waals surface area contributed by atoms with Crippen molar-refractivity contribution < 1.29 is 33.0 Å². The number of carbonyl (C=O) groups is 1. The number of hydrogen-bond donors (Lipinski definition) is 4. The molecular formula is C23H31N4O9P. The number of rotatable bonds is 11. The van der Waals surface area contributed by atoms with Crippen LogP contribution in [0.5, 0.6) is 5.75 Å². The molecule has 1 aliphatic carbocycles. The van der Waals surface area contributed by atoms with E-state index < -0.39 is 61.6 Å². The number of nitrogens with zero attached hydrogens (tertiary/aromatic N) is 1. The third-order valence-electron chi connectivity index (χ3n) is 6.17. The minimum Gasteiger partial charge on any atom is -0.464 e. The predicted octanol–water partition coefficient (Wildman–Crippen LogP) is 0.647. The Kier molecular flexibility index (Phi) is 8.02. The lowest BCUT2D eigenvalue weighted by Gasteiger charge is -2.28. The van der Waals surface area contributed by atoms with Gasteiger partial charge in [-0.05, 0) is 44.7 Å². The molecule has 1 saturated carbocycles. The SMILES string of the molecule is C[C@H](NP(=O)(OC[C@H]1O[C@@H](n2ccc(=O)[nH]c2=O)[C@](C)(N)[C@@H]1O)Oc1ccccc1)C(=O)OCC1CC1. The van der Waals surface area contributed by atoms with Crippen molar-refractivity contribution in [3.63, 3.8) is 0 Å². The standard InChI is InChI=1S/C23H31N4O9P/c1-14(20(30)33-12-15-8-9-15)26-37(32,36-16-6-4-3-5-7-16)34-13-17-19(29)23(2,24)21(35-17)27-11-10-18(28)25-22(27)31/h3-7,10-11,14-15,17,19,21,29H,8-9,12-13,24H2,1-2H3,(H,26,32)(H,25,28,31)/t14-,17+,19+,21+,23+,37?/m0/s1. The molecule has 4 rings (SSSR count). The average molecular weight is 538 g/mol. The number of ether oxygens (including phenoxy) is 2. The number of aromatic amines is 1. The van der Waals surface area contributed by atoms with Crippen molar-refractivity contribution in [2.75, 3.05) is 13.2 Å². The first kappa shape index (κ1) is 27.2. The van der Waals surface area contributed by atoms with E-state index in [9.17, 15) is 24.1 Å². The van der Waals surface area contributed by atoms with Crippen molar-refractivity contribution >= 4 is 13.7 Å². The number of aromatic nitrogens is 2. The van der Waals surface area contributed by atoms with Crippen molar-refractivity contribution in [3.8, 4) is 5.75 Å². The zero-order chi connectivity index (χ0) is 26.8. The summed E-state index contributed by atoms with van der Waals surface area (Å²) in [5.74, 6) is -0.0445. The van der Waals surface area contributed by atoms with Crippen LogP contribution in [0.3, 0.4) is 0 Å². The molecule has 14 heteroatoms. The number of nitrogens with two attached hydrogens (primary N) is 1. The van der Waals surface area contributed by atoms with Crippen molar-refractivity contribution in [1.29, 1.82) is 0 Å². The molecule has 6 atom stereocenters. The molecule has 0 amide bonds. The topological polar surface area (TPSA) is 184 Å². The van der Waals surface area contributed by atoms with Crippen molar-refractivity contribution in [1.82, 2.24) is 14.6 Å². The highest BCUT2D eigenvalue weighted by Gasteiger charge is 2.52. The first-order chi connectivity index (χ1) is 17.5. The normalized spacial score (nSPS) is 27.8. The van der Waals surface area contributed by atoms with E-state index >= 15 is 0 Å². The molecule has 1 aromatic carbocycles. The van der Waals surface area contributed by atoms with Crippen LogP contribution in [0.15, 0.2) is 52.2 Å². The van der Waals surface area contributed by atoms with E-state index in [0.717, 1.165) is 23.5 Å². The van der Waals surface area contributed by atoms with Gasteiger partial charge in [-0.2, -0.15) is 5.09 Å². The summed E-state index contributed by atoms with van der Waals surface area (Å²) >= 11 is 0. The van der Waals surface area contributed by atoms with Crippen LogP contribution >= 0.6 is 7.75 Å². The van der Waals surface area contributed by atoms with Crippen LogP contribution in [0.4, 0.5) is 0 Å². The summed E-state index contributed by atoms with van der Waals surface area (Å²) in [5.41, 5.74) is 3.42. The summed E-state index contributed by atoms with van der Waals surface area (Å²) in [6.45, 7) is 2.76. The van der Waals surface area contributed by atoms with Gasteiger partial charge in [-0.15, -0.1) is 0 Å². The highest BCUT2D eigenvalue weighted by atomic mass is 31.2. The minimum absolute atomic E-state index is 0.214. The average Bonchev–Trinajstić information content (AvgIpc) is 3.64. The molecular weight excluding hydrogens is 507 g/mol. The van der Waals surface area contributed by atoms with Gasteiger partial charge in [0.05, 0.1) is 18.8 Å². The fourth-order valence-electron chi connectivity index (χ4n) is 3.82. The van der Waals surface area contributed by atoms with Gasteiger partial charge in [0.15, 0.2) is 6.23 Å². The number of hydrogen-bond acceptors (Lipinski definition) is 10. The second-order valence-corrected chi connectivity index (χ2v) is 11.2. The molecule has 1 aromatic heterocycles. The summed E-state index contributed by atoms with van der Waals surface area (Å²) in [5, 5.41) is 13.4. The summed E-state index contributed by atoms with van der Waals surface area (Å²) < 4.78 is 37.0. The smallest absolute Gasteiger partial charge is 0.459 e. The van der Waals surface area contributed by atoms with E-state index in [-0.39, 0.29) is 12.4 Å². The summed E-state index contributed by atoms with van der Waals surface area (Å²) in [7, 11) is -4.21. The van der Waals surface area contributed by atoms with E-state index in [4.69, 9.17) is 24.3 Å². The van der Waals surface area contributed by atoms with E-state index in [2.05, 4.69) is 10.1 Å². The van der Waals surface area contributed by atoms with Crippen molar-refractivity contribution in [3.05, 3.63) is 63.4 Å². The maximum absolute atomic E-state index is 13.7. The Morgan fingerprint density at radius 1 is 1.30 bits per heavy atom. The Balaban J connectivity index is 1.48. The van der Waals surface area contributed by atoms with Crippen LogP contribution in [-0.4, -0.2) is 57.6 Å². The van der Waals surface area contributed by atoms with Gasteiger partial charge in [-0.1, -0.05) is 18.2 Å². The van der Waals surface area contributed by atoms with Crippen LogP contribution in [0.25, 0.3) is 0 Å². The first-order valence-corrected chi connectivity index (χ1v) is 13.4. The fraction of sp³-hybridized carbons (Fsp3) is 0.522. The molecule has 1 aliphatic heterocycles. The maximum Gasteiger partial charge on any atom is 0.459 e. The van der Waals surface area contributed by atoms with Gasteiger partial charge in [0.25, 0.3) is 5.56 Å². The molecule has 1 saturated heterocycles. The van der Waals surface area contributed by atoms with Crippen molar-refractivity contribution in [2.45, 2.75) is 56.7 Å². The number of nitrogens with one attached hydrogen (secondary N) is 2. The lowest BCUT2D eigenvalue weighted by Crippen LogP contribution is -2.53. The molecule has 1 unspecified atom stereocenters. The summed E-state index contributed by atoms with van der Waals surface area (Å²) in [6.07, 6.45) is -0.451. The predicted molar refractivity (Wildman–Crippen MR) is 131 cm³/mol. The van der Waals surface area contributed by atoms with Gasteiger partial charge >= 0.3 is 19.4 Å². The van der Waals surface area contributed by atoms with Gasteiger partial charge < -0.3 is 24.8 Å². The van der Waals surface area contributed by atoms with E-state index in [0.29, 0.717) is 5.92 Å². The highest BCUT2D eigenvalue weighted by molar-refractivity contribution is 7.52. The van der Waals surface area contributed by atoms with E-state index in [1.807, 2.05) is 0 Å². The molecule has 37 heavy (non-hydrogen) atoms. The molecule has 0 spiro atoms. The molecule has 2 aliphatic rings. The minimum atomic E-state index is -4.21. The highest BCUT2D eigenvalue weighted by Crippen LogP contribution is 2.46. The van der Waals surface area contributed by atoms with Gasteiger partial charge in [0.1, 0.15) is 24.0 Å².